The van der Waals surface area contributed by atoms with Gasteiger partial charge in [-0.3, -0.25) is 24.0 Å². The summed E-state index contributed by atoms with van der Waals surface area (Å²) >= 11 is 0. The number of carbonyl (C=O) groups is 6. The Morgan fingerprint density at radius 2 is 1.52 bits per heavy atom. The molecule has 0 aliphatic carbocycles. The highest BCUT2D eigenvalue weighted by Gasteiger charge is 2.30. The molecule has 4 atom stereocenters. The standard InChI is InChI=1S/C15H24N4O10/c1-6(20)12(15(28)29)19-14(27)8(2-3-10(22)23)18-9(21)5-17-13(26)7(16)4-11(24)25/h6-8,12,20H,2-5,16H2,1H3,(H,17,26)(H,18,21)(H,19,27)(H,22,23)(H,24,25)(H,28,29). The van der Waals surface area contributed by atoms with Crippen molar-refractivity contribution in [1.29, 1.82) is 0 Å². The maximum atomic E-state index is 12.2. The molecule has 0 spiro atoms. The Morgan fingerprint density at radius 1 is 0.931 bits per heavy atom. The number of aliphatic carboxylic acids is 3. The van der Waals surface area contributed by atoms with E-state index in [0.717, 1.165) is 6.92 Å². The van der Waals surface area contributed by atoms with Crippen molar-refractivity contribution < 1.29 is 49.2 Å². The maximum absolute atomic E-state index is 12.2. The fourth-order valence-electron chi connectivity index (χ4n) is 2.00. The molecule has 0 fully saturated rings. The number of carbonyl (C=O) groups excluding carboxylic acids is 3. The number of hydrogen-bond acceptors (Lipinski definition) is 8. The largest absolute Gasteiger partial charge is 0.481 e. The van der Waals surface area contributed by atoms with Gasteiger partial charge >= 0.3 is 17.9 Å². The molecule has 0 bridgehead atoms. The highest BCUT2D eigenvalue weighted by molar-refractivity contribution is 5.93. The summed E-state index contributed by atoms with van der Waals surface area (Å²) in [6.07, 6.45) is -3.08. The van der Waals surface area contributed by atoms with E-state index in [4.69, 9.17) is 21.1 Å². The maximum Gasteiger partial charge on any atom is 0.328 e. The van der Waals surface area contributed by atoms with Crippen LogP contribution in [0.4, 0.5) is 0 Å². The molecule has 9 N–H and O–H groups in total. The number of nitrogens with two attached hydrogens (primary N) is 1. The first-order valence-corrected chi connectivity index (χ1v) is 8.32. The van der Waals surface area contributed by atoms with Crippen molar-refractivity contribution >= 4 is 35.6 Å². The van der Waals surface area contributed by atoms with Gasteiger partial charge in [-0.25, -0.2) is 4.79 Å². The number of nitrogens with one attached hydrogen (secondary N) is 3. The summed E-state index contributed by atoms with van der Waals surface area (Å²) in [5.74, 6) is -7.08. The van der Waals surface area contributed by atoms with Crippen LogP contribution in [-0.2, 0) is 28.8 Å². The minimum absolute atomic E-state index is 0.397. The molecule has 14 heteroatoms. The summed E-state index contributed by atoms with van der Waals surface area (Å²) in [5.41, 5.74) is 5.31. The first-order valence-electron chi connectivity index (χ1n) is 8.32. The van der Waals surface area contributed by atoms with E-state index in [1.165, 1.54) is 0 Å². The van der Waals surface area contributed by atoms with Gasteiger partial charge in [-0.05, 0) is 13.3 Å². The highest BCUT2D eigenvalue weighted by Crippen LogP contribution is 2.01. The second kappa shape index (κ2) is 12.2. The van der Waals surface area contributed by atoms with Gasteiger partial charge in [-0.15, -0.1) is 0 Å². The third-order valence-electron chi connectivity index (χ3n) is 3.50. The Bertz CT molecular complexity index is 651. The van der Waals surface area contributed by atoms with Crippen LogP contribution in [0.5, 0.6) is 0 Å². The van der Waals surface area contributed by atoms with E-state index in [1.807, 2.05) is 5.32 Å². The lowest BCUT2D eigenvalue weighted by Crippen LogP contribution is -2.56. The molecule has 0 rings (SSSR count). The topological polar surface area (TPSA) is 245 Å². The van der Waals surface area contributed by atoms with Crippen LogP contribution < -0.4 is 21.7 Å². The number of amides is 3. The van der Waals surface area contributed by atoms with Crippen LogP contribution in [0.2, 0.25) is 0 Å². The van der Waals surface area contributed by atoms with Crippen molar-refractivity contribution in [2.24, 2.45) is 5.73 Å². The lowest BCUT2D eigenvalue weighted by Gasteiger charge is -2.22. The average Bonchev–Trinajstić information content (AvgIpc) is 2.59. The number of carboxylic acids is 3. The van der Waals surface area contributed by atoms with E-state index >= 15 is 0 Å². The molecule has 0 saturated carbocycles. The van der Waals surface area contributed by atoms with Gasteiger partial charge in [0.05, 0.1) is 25.1 Å². The molecule has 0 aliphatic heterocycles. The Hall–Kier alpha value is -3.26. The van der Waals surface area contributed by atoms with Crippen LogP contribution in [0.1, 0.15) is 26.2 Å². The van der Waals surface area contributed by atoms with Gasteiger partial charge in [0.25, 0.3) is 0 Å². The molecular weight excluding hydrogens is 396 g/mol. The molecule has 0 aliphatic rings. The van der Waals surface area contributed by atoms with E-state index in [2.05, 4.69) is 10.6 Å². The van der Waals surface area contributed by atoms with Crippen LogP contribution in [0.3, 0.4) is 0 Å². The second-order valence-electron chi connectivity index (χ2n) is 6.04. The van der Waals surface area contributed by atoms with Crippen LogP contribution >= 0.6 is 0 Å². The molecule has 164 valence electrons. The van der Waals surface area contributed by atoms with Crippen molar-refractivity contribution in [2.75, 3.05) is 6.54 Å². The summed E-state index contributed by atoms with van der Waals surface area (Å²) in [4.78, 5) is 68.0. The zero-order chi connectivity index (χ0) is 22.7. The van der Waals surface area contributed by atoms with E-state index in [0.29, 0.717) is 0 Å². The van der Waals surface area contributed by atoms with Gasteiger partial charge in [0.1, 0.15) is 6.04 Å². The molecule has 0 heterocycles. The van der Waals surface area contributed by atoms with E-state index in [-0.39, 0.29) is 0 Å². The van der Waals surface area contributed by atoms with Gasteiger partial charge in [-0.1, -0.05) is 0 Å². The zero-order valence-corrected chi connectivity index (χ0v) is 15.5. The predicted octanol–water partition coefficient (Wildman–Crippen LogP) is -3.80. The Balaban J connectivity index is 4.95. The fraction of sp³-hybridized carbons (Fsp3) is 0.600. The van der Waals surface area contributed by atoms with Gasteiger partial charge in [0.15, 0.2) is 6.04 Å². The number of carboxylic acid groups (broad SMARTS) is 3. The van der Waals surface area contributed by atoms with E-state index in [1.54, 1.807) is 0 Å². The zero-order valence-electron chi connectivity index (χ0n) is 15.5. The van der Waals surface area contributed by atoms with Crippen LogP contribution in [0.25, 0.3) is 0 Å². The summed E-state index contributed by atoms with van der Waals surface area (Å²) in [6.45, 7) is 0.418. The van der Waals surface area contributed by atoms with Gasteiger partial charge in [0, 0.05) is 6.42 Å². The molecule has 0 aromatic heterocycles. The Morgan fingerprint density at radius 3 is 1.97 bits per heavy atom. The summed E-state index contributed by atoms with van der Waals surface area (Å²) < 4.78 is 0. The Labute approximate surface area is 164 Å². The summed E-state index contributed by atoms with van der Waals surface area (Å²) in [7, 11) is 0. The third kappa shape index (κ3) is 10.6. The first-order chi connectivity index (χ1) is 13.3. The van der Waals surface area contributed by atoms with Crippen LogP contribution in [0.15, 0.2) is 0 Å². The van der Waals surface area contributed by atoms with E-state index in [9.17, 15) is 33.9 Å². The van der Waals surface area contributed by atoms with Crippen LogP contribution in [-0.4, -0.2) is 86.8 Å². The van der Waals surface area contributed by atoms with Crippen molar-refractivity contribution in [2.45, 2.75) is 50.4 Å². The Kier molecular flexibility index (Phi) is 10.9. The number of aliphatic hydroxyl groups excluding tert-OH is 1. The normalized spacial score (nSPS) is 14.6. The lowest BCUT2D eigenvalue weighted by molar-refractivity contribution is -0.145. The monoisotopic (exact) mass is 420 g/mol. The minimum atomic E-state index is -1.69. The van der Waals surface area contributed by atoms with Crippen LogP contribution in [0, 0.1) is 0 Å². The van der Waals surface area contributed by atoms with E-state index < -0.39 is 85.7 Å². The van der Waals surface area contributed by atoms with Gasteiger partial charge in [0.2, 0.25) is 17.7 Å². The number of aliphatic hydroxyl groups is 1. The summed E-state index contributed by atoms with van der Waals surface area (Å²) in [6, 6.07) is -4.57. The van der Waals surface area contributed by atoms with Crippen molar-refractivity contribution in [3.8, 4) is 0 Å². The highest BCUT2D eigenvalue weighted by atomic mass is 16.4. The molecule has 0 aromatic carbocycles. The molecule has 4 unspecified atom stereocenters. The number of hydrogen-bond donors (Lipinski definition) is 8. The SMILES string of the molecule is CC(O)C(NC(=O)C(CCC(=O)O)NC(=O)CNC(=O)C(N)CC(=O)O)C(=O)O. The number of rotatable bonds is 13. The third-order valence-corrected chi connectivity index (χ3v) is 3.50. The quantitative estimate of drug-likeness (QED) is 0.143. The van der Waals surface area contributed by atoms with Crippen molar-refractivity contribution in [3.05, 3.63) is 0 Å². The smallest absolute Gasteiger partial charge is 0.328 e. The minimum Gasteiger partial charge on any atom is -0.481 e. The van der Waals surface area contributed by atoms with Gasteiger partial charge in [-0.2, -0.15) is 0 Å². The molecular formula is C15H24N4O10. The molecule has 0 radical (unpaired) electrons. The first kappa shape index (κ1) is 25.7. The second-order valence-corrected chi connectivity index (χ2v) is 6.04. The predicted molar refractivity (Wildman–Crippen MR) is 93.3 cm³/mol. The average molecular weight is 420 g/mol. The van der Waals surface area contributed by atoms with Crippen molar-refractivity contribution in [3.63, 3.8) is 0 Å². The molecule has 29 heavy (non-hydrogen) atoms. The van der Waals surface area contributed by atoms with Crippen molar-refractivity contribution in [1.82, 2.24) is 16.0 Å². The molecule has 3 amide bonds. The molecule has 14 nitrogen and oxygen atoms in total. The molecule has 0 saturated heterocycles. The lowest BCUT2D eigenvalue weighted by atomic mass is 10.1. The van der Waals surface area contributed by atoms with Gasteiger partial charge < -0.3 is 42.1 Å². The summed E-state index contributed by atoms with van der Waals surface area (Å²) in [5, 5.41) is 41.8. The molecule has 0 aromatic rings. The fourth-order valence-corrected chi connectivity index (χ4v) is 2.00.